The molecular weight excluding hydrogens is 331 g/mol. The number of nitrogens with one attached hydrogen (secondary N) is 2. The van der Waals surface area contributed by atoms with Crippen LogP contribution in [0.3, 0.4) is 0 Å². The summed E-state index contributed by atoms with van der Waals surface area (Å²) >= 11 is 0. The van der Waals surface area contributed by atoms with E-state index in [2.05, 4.69) is 15.6 Å². The van der Waals surface area contributed by atoms with Gasteiger partial charge in [0.05, 0.1) is 11.4 Å². The number of urea groups is 1. The molecule has 2 heterocycles. The maximum Gasteiger partial charge on any atom is 0.323 e. The Morgan fingerprint density at radius 1 is 0.923 bits per heavy atom. The molecule has 0 fully saturated rings. The number of hydrogen-bond donors (Lipinski definition) is 2. The molecule has 0 saturated heterocycles. The van der Waals surface area contributed by atoms with E-state index in [1.54, 1.807) is 24.3 Å². The average Bonchev–Trinajstić information content (AvgIpc) is 3.08. The number of carbonyl (C=O) groups is 1. The van der Waals surface area contributed by atoms with Crippen LogP contribution in [0.2, 0.25) is 0 Å². The molecule has 0 spiro atoms. The minimum atomic E-state index is -0.504. The first-order valence-corrected chi connectivity index (χ1v) is 8.06. The van der Waals surface area contributed by atoms with Crippen LogP contribution in [0.5, 0.6) is 0 Å². The standard InChI is InChI=1S/C20H15FN4O/c21-16-5-1-2-6-17(16)24-20(26)22-15-10-8-14(9-11-15)18-13-25-12-4-3-7-19(25)23-18/h1-13H,(H2,22,24,26). The molecule has 0 bridgehead atoms. The summed E-state index contributed by atoms with van der Waals surface area (Å²) < 4.78 is 15.5. The highest BCUT2D eigenvalue weighted by Crippen LogP contribution is 2.21. The van der Waals surface area contributed by atoms with Crippen LogP contribution in [-0.2, 0) is 0 Å². The molecule has 0 aliphatic carbocycles. The van der Waals surface area contributed by atoms with Crippen molar-refractivity contribution in [1.29, 1.82) is 0 Å². The summed E-state index contributed by atoms with van der Waals surface area (Å²) in [7, 11) is 0. The number of aromatic nitrogens is 2. The molecule has 4 aromatic rings. The highest BCUT2D eigenvalue weighted by Gasteiger charge is 2.07. The molecule has 2 amide bonds. The third-order valence-electron chi connectivity index (χ3n) is 3.92. The molecule has 128 valence electrons. The number of fused-ring (bicyclic) bond motifs is 1. The van der Waals surface area contributed by atoms with E-state index >= 15 is 0 Å². The Bertz CT molecular complexity index is 1040. The van der Waals surface area contributed by atoms with Gasteiger partial charge in [-0.15, -0.1) is 0 Å². The maximum atomic E-state index is 13.6. The highest BCUT2D eigenvalue weighted by atomic mass is 19.1. The van der Waals surface area contributed by atoms with Crippen molar-refractivity contribution in [3.05, 3.63) is 84.9 Å². The van der Waals surface area contributed by atoms with Gasteiger partial charge in [-0.1, -0.05) is 30.3 Å². The molecule has 0 unspecified atom stereocenters. The summed E-state index contributed by atoms with van der Waals surface area (Å²) in [5.74, 6) is -0.482. The van der Waals surface area contributed by atoms with Crippen molar-refractivity contribution >= 4 is 23.1 Å². The predicted molar refractivity (Wildman–Crippen MR) is 99.7 cm³/mol. The molecule has 26 heavy (non-hydrogen) atoms. The summed E-state index contributed by atoms with van der Waals surface area (Å²) in [4.78, 5) is 16.6. The number of para-hydroxylation sites is 1. The van der Waals surface area contributed by atoms with E-state index in [9.17, 15) is 9.18 Å². The lowest BCUT2D eigenvalue weighted by Crippen LogP contribution is -2.20. The lowest BCUT2D eigenvalue weighted by atomic mass is 10.1. The SMILES string of the molecule is O=C(Nc1ccc(-c2cn3ccccc3n2)cc1)Nc1ccccc1F. The van der Waals surface area contributed by atoms with Crippen molar-refractivity contribution in [3.63, 3.8) is 0 Å². The Morgan fingerprint density at radius 3 is 2.46 bits per heavy atom. The fourth-order valence-corrected chi connectivity index (χ4v) is 2.65. The van der Waals surface area contributed by atoms with E-state index in [1.807, 2.05) is 47.1 Å². The maximum absolute atomic E-state index is 13.6. The minimum absolute atomic E-state index is 0.131. The zero-order valence-corrected chi connectivity index (χ0v) is 13.7. The number of amides is 2. The molecule has 0 aliphatic heterocycles. The number of anilines is 2. The van der Waals surface area contributed by atoms with E-state index in [4.69, 9.17) is 0 Å². The van der Waals surface area contributed by atoms with Crippen LogP contribution in [0, 0.1) is 5.82 Å². The molecule has 0 saturated carbocycles. The number of carbonyl (C=O) groups excluding carboxylic acids is 1. The first kappa shape index (κ1) is 15.8. The van der Waals surface area contributed by atoms with Crippen LogP contribution in [0.1, 0.15) is 0 Å². The molecule has 0 atom stereocenters. The first-order chi connectivity index (χ1) is 12.7. The van der Waals surface area contributed by atoms with Crippen molar-refractivity contribution in [3.8, 4) is 11.3 Å². The van der Waals surface area contributed by atoms with Gasteiger partial charge in [0.25, 0.3) is 0 Å². The second-order valence-corrected chi connectivity index (χ2v) is 5.73. The van der Waals surface area contributed by atoms with Gasteiger partial charge < -0.3 is 15.0 Å². The predicted octanol–water partition coefficient (Wildman–Crippen LogP) is 4.78. The summed E-state index contributed by atoms with van der Waals surface area (Å²) in [6.45, 7) is 0. The number of rotatable bonds is 3. The number of nitrogens with zero attached hydrogens (tertiary/aromatic N) is 2. The third kappa shape index (κ3) is 3.25. The van der Waals surface area contributed by atoms with Gasteiger partial charge in [-0.3, -0.25) is 0 Å². The Balaban J connectivity index is 1.47. The minimum Gasteiger partial charge on any atom is -0.308 e. The van der Waals surface area contributed by atoms with Gasteiger partial charge in [-0.05, 0) is 36.4 Å². The van der Waals surface area contributed by atoms with Gasteiger partial charge in [0.1, 0.15) is 11.5 Å². The lowest BCUT2D eigenvalue weighted by Gasteiger charge is -2.08. The Labute approximate surface area is 149 Å². The van der Waals surface area contributed by atoms with Gasteiger partial charge in [-0.25, -0.2) is 14.2 Å². The topological polar surface area (TPSA) is 58.4 Å². The molecule has 0 aliphatic rings. The summed E-state index contributed by atoms with van der Waals surface area (Å²) in [5, 5.41) is 5.16. The van der Waals surface area contributed by atoms with E-state index < -0.39 is 11.8 Å². The zero-order valence-electron chi connectivity index (χ0n) is 13.7. The highest BCUT2D eigenvalue weighted by molar-refractivity contribution is 5.99. The normalized spacial score (nSPS) is 10.7. The van der Waals surface area contributed by atoms with Crippen molar-refractivity contribution in [2.24, 2.45) is 0 Å². The zero-order chi connectivity index (χ0) is 17.9. The van der Waals surface area contributed by atoms with Gasteiger partial charge >= 0.3 is 6.03 Å². The van der Waals surface area contributed by atoms with Crippen LogP contribution in [0.15, 0.2) is 79.1 Å². The van der Waals surface area contributed by atoms with Gasteiger partial charge in [0.2, 0.25) is 0 Å². The van der Waals surface area contributed by atoms with Crippen LogP contribution in [0.25, 0.3) is 16.9 Å². The number of pyridine rings is 1. The second kappa shape index (κ2) is 6.68. The van der Waals surface area contributed by atoms with E-state index in [0.717, 1.165) is 16.9 Å². The molecule has 2 aromatic heterocycles. The number of hydrogen-bond acceptors (Lipinski definition) is 2. The number of imidazole rings is 1. The van der Waals surface area contributed by atoms with Crippen molar-refractivity contribution < 1.29 is 9.18 Å². The fraction of sp³-hybridized carbons (Fsp3) is 0. The average molecular weight is 346 g/mol. The molecule has 0 radical (unpaired) electrons. The second-order valence-electron chi connectivity index (χ2n) is 5.73. The van der Waals surface area contributed by atoms with Gasteiger partial charge in [0, 0.05) is 23.6 Å². The van der Waals surface area contributed by atoms with E-state index in [-0.39, 0.29) is 5.69 Å². The molecule has 2 N–H and O–H groups in total. The quantitative estimate of drug-likeness (QED) is 0.561. The van der Waals surface area contributed by atoms with Crippen LogP contribution < -0.4 is 10.6 Å². The lowest BCUT2D eigenvalue weighted by molar-refractivity contribution is 0.262. The first-order valence-electron chi connectivity index (χ1n) is 8.06. The van der Waals surface area contributed by atoms with Crippen LogP contribution >= 0.6 is 0 Å². The number of benzene rings is 2. The van der Waals surface area contributed by atoms with E-state index in [0.29, 0.717) is 5.69 Å². The molecule has 4 rings (SSSR count). The summed E-state index contributed by atoms with van der Waals surface area (Å²) in [6.07, 6.45) is 3.89. The molecule has 5 nitrogen and oxygen atoms in total. The van der Waals surface area contributed by atoms with Gasteiger partial charge in [0.15, 0.2) is 0 Å². The Kier molecular flexibility index (Phi) is 4.07. The van der Waals surface area contributed by atoms with Gasteiger partial charge in [-0.2, -0.15) is 0 Å². The van der Waals surface area contributed by atoms with Crippen molar-refractivity contribution in [1.82, 2.24) is 9.38 Å². The molecule has 6 heteroatoms. The summed E-state index contributed by atoms with van der Waals surface area (Å²) in [5.41, 5.74) is 3.39. The van der Waals surface area contributed by atoms with Crippen molar-refractivity contribution in [2.45, 2.75) is 0 Å². The molecule has 2 aromatic carbocycles. The van der Waals surface area contributed by atoms with Crippen LogP contribution in [-0.4, -0.2) is 15.4 Å². The smallest absolute Gasteiger partial charge is 0.308 e. The third-order valence-corrected chi connectivity index (χ3v) is 3.92. The number of halogens is 1. The monoisotopic (exact) mass is 346 g/mol. The fourth-order valence-electron chi connectivity index (χ4n) is 2.65. The Morgan fingerprint density at radius 2 is 1.69 bits per heavy atom. The van der Waals surface area contributed by atoms with E-state index in [1.165, 1.54) is 12.1 Å². The largest absolute Gasteiger partial charge is 0.323 e. The Hall–Kier alpha value is -3.67. The van der Waals surface area contributed by atoms with Crippen molar-refractivity contribution in [2.75, 3.05) is 10.6 Å². The summed E-state index contributed by atoms with van der Waals surface area (Å²) in [6, 6.07) is 18.6. The van der Waals surface area contributed by atoms with Crippen LogP contribution in [0.4, 0.5) is 20.6 Å². The molecular formula is C20H15FN4O.